The summed E-state index contributed by atoms with van der Waals surface area (Å²) < 4.78 is 4.70. The highest BCUT2D eigenvalue weighted by Crippen LogP contribution is 2.17. The Morgan fingerprint density at radius 2 is 2.33 bits per heavy atom. The van der Waals surface area contributed by atoms with Gasteiger partial charge in [0.1, 0.15) is 0 Å². The van der Waals surface area contributed by atoms with Gasteiger partial charge < -0.3 is 15.1 Å². The van der Waals surface area contributed by atoms with Gasteiger partial charge in [0.25, 0.3) is 6.29 Å². The number of rotatable bonds is 6. The molecule has 0 bridgehead atoms. The van der Waals surface area contributed by atoms with Crippen molar-refractivity contribution in [3.63, 3.8) is 0 Å². The van der Waals surface area contributed by atoms with E-state index in [9.17, 15) is 14.8 Å². The summed E-state index contributed by atoms with van der Waals surface area (Å²) in [6.07, 6.45) is -0.440. The summed E-state index contributed by atoms with van der Waals surface area (Å²) in [7, 11) is 0. The zero-order valence-corrected chi connectivity index (χ0v) is 10.1. The number of carbonyl (C=O) groups excluding carboxylic acids is 1. The maximum Gasteiger partial charge on any atom is 0.332 e. The van der Waals surface area contributed by atoms with E-state index in [1.165, 1.54) is 6.92 Å². The van der Waals surface area contributed by atoms with Crippen LogP contribution in [-0.4, -0.2) is 45.9 Å². The summed E-state index contributed by atoms with van der Waals surface area (Å²) in [5.41, 5.74) is 0. The molecular weight excluding hydrogens is 246 g/mol. The number of hydrogen-bond acceptors (Lipinski definition) is 6. The summed E-state index contributed by atoms with van der Waals surface area (Å²) in [6, 6.07) is -0.886. The van der Waals surface area contributed by atoms with Crippen molar-refractivity contribution in [2.24, 2.45) is 5.28 Å². The fraction of sp³-hybridized carbons (Fsp3) is 0.778. The molecule has 0 radical (unpaired) electrons. The van der Waals surface area contributed by atoms with Gasteiger partial charge in [0.05, 0.1) is 11.5 Å². The topological polar surface area (TPSA) is 114 Å². The predicted octanol–water partition coefficient (Wildman–Crippen LogP) is 0.254. The number of esters is 1. The first kappa shape index (κ1) is 14.0. The first-order chi connectivity index (χ1) is 8.45. The Bertz CT molecular complexity index is 358. The Balaban J connectivity index is 2.42. The van der Waals surface area contributed by atoms with E-state index in [0.29, 0.717) is 6.42 Å². The number of carboxylic acids is 1. The molecule has 9 nitrogen and oxygen atoms in total. The van der Waals surface area contributed by atoms with E-state index >= 15 is 0 Å². The second-order valence-electron chi connectivity index (χ2n) is 3.66. The van der Waals surface area contributed by atoms with Crippen molar-refractivity contribution < 1.29 is 29.2 Å². The standard InChI is InChI=1S/C9H15N3O6/c1-3-8(13)17-6(2)18-10-12(16)11-5-4-7(11)9(14)15/h6-7H,3-5H2,1-2H3,(H,14,15)/b12-10-/t6?,7-/m0/s1. The second kappa shape index (κ2) is 6.03. The molecule has 1 unspecified atom stereocenters. The van der Waals surface area contributed by atoms with Crippen LogP contribution >= 0.6 is 0 Å². The Labute approximate surface area is 103 Å². The molecule has 1 heterocycles. The highest BCUT2D eigenvalue weighted by atomic mass is 16.8. The first-order valence-electron chi connectivity index (χ1n) is 5.48. The van der Waals surface area contributed by atoms with Crippen molar-refractivity contribution in [1.29, 1.82) is 0 Å². The summed E-state index contributed by atoms with van der Waals surface area (Å²) in [5.74, 6) is -1.58. The van der Waals surface area contributed by atoms with Gasteiger partial charge in [-0.2, -0.15) is 0 Å². The van der Waals surface area contributed by atoms with E-state index < -0.39 is 24.3 Å². The van der Waals surface area contributed by atoms with Crippen LogP contribution in [0.1, 0.15) is 26.7 Å². The molecule has 1 aliphatic heterocycles. The molecule has 18 heavy (non-hydrogen) atoms. The minimum absolute atomic E-state index is 0.0541. The third-order valence-corrected chi connectivity index (χ3v) is 2.35. The molecule has 1 aliphatic rings. The molecule has 1 rings (SSSR count). The van der Waals surface area contributed by atoms with Crippen LogP contribution in [0.25, 0.3) is 0 Å². The molecule has 1 N–H and O–H groups in total. The van der Waals surface area contributed by atoms with Crippen LogP contribution in [0.5, 0.6) is 0 Å². The molecule has 1 saturated heterocycles. The number of nitrogens with zero attached hydrogens (tertiary/aromatic N) is 3. The molecule has 0 aliphatic carbocycles. The number of aliphatic carboxylic acids is 1. The highest BCUT2D eigenvalue weighted by molar-refractivity contribution is 5.74. The molecule has 0 aromatic carbocycles. The monoisotopic (exact) mass is 261 g/mol. The average Bonchev–Trinajstić information content (AvgIpc) is 2.23. The molecule has 9 heteroatoms. The molecule has 2 atom stereocenters. The number of hydrazine groups is 1. The predicted molar refractivity (Wildman–Crippen MR) is 55.7 cm³/mol. The van der Waals surface area contributed by atoms with Crippen molar-refractivity contribution in [3.8, 4) is 0 Å². The summed E-state index contributed by atoms with van der Waals surface area (Å²) in [6.45, 7) is 3.30. The number of carbonyl (C=O) groups is 2. The van der Waals surface area contributed by atoms with Crippen LogP contribution in [0.4, 0.5) is 0 Å². The molecule has 0 amide bonds. The third-order valence-electron chi connectivity index (χ3n) is 2.35. The minimum Gasteiger partial charge on any atom is -0.569 e. The van der Waals surface area contributed by atoms with Crippen molar-refractivity contribution in [2.45, 2.75) is 39.0 Å². The maximum atomic E-state index is 11.3. The number of ether oxygens (including phenoxy) is 1. The Morgan fingerprint density at radius 3 is 2.78 bits per heavy atom. The average molecular weight is 261 g/mol. The van der Waals surface area contributed by atoms with E-state index in [-0.39, 0.29) is 17.9 Å². The largest absolute Gasteiger partial charge is 0.569 e. The van der Waals surface area contributed by atoms with E-state index in [2.05, 4.69) is 10.1 Å². The Kier molecular flexibility index (Phi) is 4.69. The van der Waals surface area contributed by atoms with Crippen molar-refractivity contribution in [2.75, 3.05) is 6.54 Å². The lowest BCUT2D eigenvalue weighted by molar-refractivity contribution is -0.730. The molecule has 0 aromatic heterocycles. The fourth-order valence-electron chi connectivity index (χ4n) is 1.27. The van der Waals surface area contributed by atoms with Gasteiger partial charge in [0.15, 0.2) is 6.04 Å². The van der Waals surface area contributed by atoms with E-state index in [0.717, 1.165) is 5.01 Å². The van der Waals surface area contributed by atoms with Gasteiger partial charge in [-0.25, -0.2) is 4.79 Å². The maximum absolute atomic E-state index is 11.3. The summed E-state index contributed by atoms with van der Waals surface area (Å²) in [4.78, 5) is 26.2. The zero-order chi connectivity index (χ0) is 13.7. The SMILES string of the molecule is CCC(=O)OC(C)O/N=[N+](\[O-])N1CC[C@H]1C(=O)O. The number of hydrogen-bond donors (Lipinski definition) is 1. The van der Waals surface area contributed by atoms with Crippen molar-refractivity contribution in [3.05, 3.63) is 5.21 Å². The van der Waals surface area contributed by atoms with Gasteiger partial charge >= 0.3 is 11.9 Å². The van der Waals surface area contributed by atoms with Crippen LogP contribution in [0.15, 0.2) is 5.28 Å². The van der Waals surface area contributed by atoms with E-state index in [1.54, 1.807) is 6.92 Å². The Morgan fingerprint density at radius 1 is 1.67 bits per heavy atom. The Hall–Kier alpha value is -2.06. The van der Waals surface area contributed by atoms with Crippen LogP contribution in [0.2, 0.25) is 0 Å². The van der Waals surface area contributed by atoms with E-state index in [4.69, 9.17) is 9.84 Å². The molecule has 0 saturated carbocycles. The van der Waals surface area contributed by atoms with E-state index in [1.807, 2.05) is 0 Å². The molecule has 0 spiro atoms. The summed E-state index contributed by atoms with van der Waals surface area (Å²) in [5, 5.41) is 24.2. The smallest absolute Gasteiger partial charge is 0.332 e. The zero-order valence-electron chi connectivity index (χ0n) is 10.1. The third kappa shape index (κ3) is 3.47. The van der Waals surface area contributed by atoms with Crippen molar-refractivity contribution >= 4 is 11.9 Å². The molecule has 0 aromatic rings. The minimum atomic E-state index is -1.09. The summed E-state index contributed by atoms with van der Waals surface area (Å²) >= 11 is 0. The lowest BCUT2D eigenvalue weighted by Gasteiger charge is -2.32. The van der Waals surface area contributed by atoms with Gasteiger partial charge in [-0.1, -0.05) is 6.92 Å². The highest BCUT2D eigenvalue weighted by Gasteiger charge is 2.41. The van der Waals surface area contributed by atoms with Crippen LogP contribution in [0.3, 0.4) is 0 Å². The molecular formula is C9H15N3O6. The van der Waals surface area contributed by atoms with Gasteiger partial charge in [0, 0.05) is 19.8 Å². The van der Waals surface area contributed by atoms with Crippen LogP contribution in [0, 0.1) is 5.21 Å². The second-order valence-corrected chi connectivity index (χ2v) is 3.66. The normalized spacial score (nSPS) is 20.9. The lowest BCUT2D eigenvalue weighted by Crippen LogP contribution is -2.55. The van der Waals surface area contributed by atoms with Gasteiger partial charge in [-0.15, -0.1) is 5.01 Å². The fourth-order valence-corrected chi connectivity index (χ4v) is 1.27. The molecule has 102 valence electrons. The van der Waals surface area contributed by atoms with Gasteiger partial charge in [-0.3, -0.25) is 9.63 Å². The number of carboxylic acid groups (broad SMARTS) is 1. The van der Waals surface area contributed by atoms with Gasteiger partial charge in [0.2, 0.25) is 5.28 Å². The quantitative estimate of drug-likeness (QED) is 0.239. The lowest BCUT2D eigenvalue weighted by atomic mass is 10.1. The first-order valence-corrected chi connectivity index (χ1v) is 5.48. The van der Waals surface area contributed by atoms with Crippen LogP contribution < -0.4 is 0 Å². The molecule has 1 fully saturated rings. The van der Waals surface area contributed by atoms with Crippen molar-refractivity contribution in [1.82, 2.24) is 5.01 Å². The van der Waals surface area contributed by atoms with Gasteiger partial charge in [-0.05, 0) is 0 Å². The van der Waals surface area contributed by atoms with Crippen LogP contribution in [-0.2, 0) is 19.2 Å².